The van der Waals surface area contributed by atoms with Gasteiger partial charge in [0.2, 0.25) is 0 Å². The summed E-state index contributed by atoms with van der Waals surface area (Å²) in [5, 5.41) is 11.7. The number of benzene rings is 2. The lowest BCUT2D eigenvalue weighted by atomic mass is 9.70. The Kier molecular flexibility index (Phi) is 4.61. The molecule has 0 radical (unpaired) electrons. The first-order valence-corrected chi connectivity index (χ1v) is 8.38. The normalized spacial score (nSPS) is 18.1. The van der Waals surface area contributed by atoms with Crippen LogP contribution in [-0.4, -0.2) is 18.3 Å². The minimum absolute atomic E-state index is 0.0968. The SMILES string of the molecule is COc1ccc(-c2cc3c(cc2F)C(NC(=O)O)C(C)(C)CC3)cc1F. The predicted octanol–water partition coefficient (Wildman–Crippen LogP) is 4.92. The highest BCUT2D eigenvalue weighted by molar-refractivity contribution is 5.69. The van der Waals surface area contributed by atoms with Crippen LogP contribution in [0.5, 0.6) is 5.75 Å². The molecular formula is C20H21F2NO3. The van der Waals surface area contributed by atoms with Gasteiger partial charge < -0.3 is 15.2 Å². The third kappa shape index (κ3) is 3.23. The van der Waals surface area contributed by atoms with Crippen molar-refractivity contribution in [2.24, 2.45) is 5.41 Å². The first-order chi connectivity index (χ1) is 12.2. The number of hydrogen-bond acceptors (Lipinski definition) is 2. The summed E-state index contributed by atoms with van der Waals surface area (Å²) in [6.07, 6.45) is 0.316. The van der Waals surface area contributed by atoms with E-state index in [1.54, 1.807) is 12.1 Å². The van der Waals surface area contributed by atoms with Crippen LogP contribution in [0.15, 0.2) is 30.3 Å². The average Bonchev–Trinajstić information content (AvgIpc) is 2.57. The van der Waals surface area contributed by atoms with Crippen molar-refractivity contribution in [2.75, 3.05) is 7.11 Å². The lowest BCUT2D eigenvalue weighted by Crippen LogP contribution is -2.40. The lowest BCUT2D eigenvalue weighted by molar-refractivity contribution is 0.161. The van der Waals surface area contributed by atoms with Crippen molar-refractivity contribution in [3.05, 3.63) is 53.1 Å². The van der Waals surface area contributed by atoms with Gasteiger partial charge in [-0.05, 0) is 59.2 Å². The number of rotatable bonds is 3. The molecule has 1 amide bonds. The van der Waals surface area contributed by atoms with E-state index in [-0.39, 0.29) is 11.2 Å². The second-order valence-corrected chi connectivity index (χ2v) is 7.25. The van der Waals surface area contributed by atoms with E-state index in [0.717, 1.165) is 12.0 Å². The fourth-order valence-corrected chi connectivity index (χ4v) is 3.59. The van der Waals surface area contributed by atoms with Crippen LogP contribution in [-0.2, 0) is 6.42 Å². The van der Waals surface area contributed by atoms with Crippen molar-refractivity contribution in [3.63, 3.8) is 0 Å². The van der Waals surface area contributed by atoms with Crippen LogP contribution >= 0.6 is 0 Å². The Hall–Kier alpha value is -2.63. The summed E-state index contributed by atoms with van der Waals surface area (Å²) in [4.78, 5) is 11.2. The van der Waals surface area contributed by atoms with Crippen LogP contribution in [0.4, 0.5) is 13.6 Å². The molecule has 0 aromatic heterocycles. The third-order valence-electron chi connectivity index (χ3n) is 5.09. The Morgan fingerprint density at radius 2 is 1.96 bits per heavy atom. The fourth-order valence-electron chi connectivity index (χ4n) is 3.59. The first-order valence-electron chi connectivity index (χ1n) is 8.38. The molecule has 0 heterocycles. The number of amides is 1. The largest absolute Gasteiger partial charge is 0.494 e. The number of nitrogens with one attached hydrogen (secondary N) is 1. The summed E-state index contributed by atoms with van der Waals surface area (Å²) in [6, 6.07) is 6.86. The Balaban J connectivity index is 2.08. The molecule has 0 aliphatic heterocycles. The van der Waals surface area contributed by atoms with E-state index in [4.69, 9.17) is 9.84 Å². The van der Waals surface area contributed by atoms with Gasteiger partial charge in [-0.25, -0.2) is 13.6 Å². The highest BCUT2D eigenvalue weighted by Crippen LogP contribution is 2.45. The van der Waals surface area contributed by atoms with E-state index in [0.29, 0.717) is 23.1 Å². The number of fused-ring (bicyclic) bond motifs is 1. The van der Waals surface area contributed by atoms with E-state index < -0.39 is 23.8 Å². The van der Waals surface area contributed by atoms with Crippen LogP contribution in [0.3, 0.4) is 0 Å². The number of halogens is 2. The molecule has 1 unspecified atom stereocenters. The zero-order valence-corrected chi connectivity index (χ0v) is 14.9. The maximum absolute atomic E-state index is 14.8. The van der Waals surface area contributed by atoms with Gasteiger partial charge in [-0.3, -0.25) is 0 Å². The van der Waals surface area contributed by atoms with Crippen LogP contribution in [0.25, 0.3) is 11.1 Å². The highest BCUT2D eigenvalue weighted by Gasteiger charge is 2.37. The summed E-state index contributed by atoms with van der Waals surface area (Å²) in [5.74, 6) is -0.975. The fraction of sp³-hybridized carbons (Fsp3) is 0.350. The standard InChI is InChI=1S/C20H21F2NO3/c1-20(2)7-6-12-8-13(11-4-5-17(26-3)16(22)9-11)15(21)10-14(12)18(20)23-19(24)25/h4-5,8-10,18,23H,6-7H2,1-3H3,(H,24,25). The quantitative estimate of drug-likeness (QED) is 0.816. The van der Waals surface area contributed by atoms with Crippen molar-refractivity contribution in [1.82, 2.24) is 5.32 Å². The van der Waals surface area contributed by atoms with E-state index in [1.807, 2.05) is 13.8 Å². The number of hydrogen-bond donors (Lipinski definition) is 2. The molecule has 0 spiro atoms. The first kappa shape index (κ1) is 18.2. The van der Waals surface area contributed by atoms with Gasteiger partial charge in [0.25, 0.3) is 0 Å². The molecule has 138 valence electrons. The van der Waals surface area contributed by atoms with Gasteiger partial charge in [0, 0.05) is 5.56 Å². The van der Waals surface area contributed by atoms with E-state index in [9.17, 15) is 13.6 Å². The Labute approximate surface area is 150 Å². The Bertz CT molecular complexity index is 864. The van der Waals surface area contributed by atoms with Crippen LogP contribution in [0, 0.1) is 17.0 Å². The summed E-state index contributed by atoms with van der Waals surface area (Å²) in [6.45, 7) is 3.92. The molecule has 3 rings (SSSR count). The van der Waals surface area contributed by atoms with E-state index in [2.05, 4.69) is 5.32 Å². The molecule has 0 fully saturated rings. The maximum atomic E-state index is 14.8. The molecule has 0 saturated heterocycles. The lowest BCUT2D eigenvalue weighted by Gasteiger charge is -2.40. The van der Waals surface area contributed by atoms with Crippen LogP contribution < -0.4 is 10.1 Å². The molecule has 0 saturated carbocycles. The van der Waals surface area contributed by atoms with Crippen molar-refractivity contribution >= 4 is 6.09 Å². The van der Waals surface area contributed by atoms with Gasteiger partial charge in [-0.15, -0.1) is 0 Å². The third-order valence-corrected chi connectivity index (χ3v) is 5.09. The summed E-state index contributed by atoms with van der Waals surface area (Å²) < 4.78 is 33.7. The van der Waals surface area contributed by atoms with Gasteiger partial charge >= 0.3 is 6.09 Å². The van der Waals surface area contributed by atoms with E-state index in [1.165, 1.54) is 25.3 Å². The summed E-state index contributed by atoms with van der Waals surface area (Å²) in [7, 11) is 1.37. The van der Waals surface area contributed by atoms with Crippen LogP contribution in [0.2, 0.25) is 0 Å². The van der Waals surface area contributed by atoms with Crippen molar-refractivity contribution in [3.8, 4) is 16.9 Å². The minimum Gasteiger partial charge on any atom is -0.494 e. The molecule has 2 N–H and O–H groups in total. The molecule has 0 bridgehead atoms. The van der Waals surface area contributed by atoms with Gasteiger partial charge in [0.15, 0.2) is 11.6 Å². The zero-order chi connectivity index (χ0) is 19.1. The second-order valence-electron chi connectivity index (χ2n) is 7.25. The molecule has 6 heteroatoms. The summed E-state index contributed by atoms with van der Waals surface area (Å²) in [5.41, 5.74) is 1.89. The molecule has 4 nitrogen and oxygen atoms in total. The number of methoxy groups -OCH3 is 1. The van der Waals surface area contributed by atoms with Gasteiger partial charge in [0.05, 0.1) is 13.2 Å². The number of carboxylic acid groups (broad SMARTS) is 1. The highest BCUT2D eigenvalue weighted by atomic mass is 19.1. The van der Waals surface area contributed by atoms with Gasteiger partial charge in [-0.1, -0.05) is 19.9 Å². The predicted molar refractivity (Wildman–Crippen MR) is 94.3 cm³/mol. The number of ether oxygens (including phenoxy) is 1. The zero-order valence-electron chi connectivity index (χ0n) is 14.9. The number of carbonyl (C=O) groups is 1. The molecule has 26 heavy (non-hydrogen) atoms. The van der Waals surface area contributed by atoms with Gasteiger partial charge in [-0.2, -0.15) is 0 Å². The average molecular weight is 361 g/mol. The molecule has 1 atom stereocenters. The molecule has 2 aromatic rings. The molecule has 2 aromatic carbocycles. The van der Waals surface area contributed by atoms with Crippen molar-refractivity contribution < 1.29 is 23.4 Å². The van der Waals surface area contributed by atoms with Crippen molar-refractivity contribution in [2.45, 2.75) is 32.7 Å². The van der Waals surface area contributed by atoms with Crippen LogP contribution in [0.1, 0.15) is 37.4 Å². The second kappa shape index (κ2) is 6.59. The molecular weight excluding hydrogens is 340 g/mol. The Morgan fingerprint density at radius 1 is 1.23 bits per heavy atom. The Morgan fingerprint density at radius 3 is 2.58 bits per heavy atom. The topological polar surface area (TPSA) is 58.6 Å². The minimum atomic E-state index is -1.14. The molecule has 1 aliphatic rings. The molecule has 1 aliphatic carbocycles. The maximum Gasteiger partial charge on any atom is 0.405 e. The smallest absolute Gasteiger partial charge is 0.405 e. The van der Waals surface area contributed by atoms with Crippen molar-refractivity contribution in [1.29, 1.82) is 0 Å². The van der Waals surface area contributed by atoms with E-state index >= 15 is 0 Å². The van der Waals surface area contributed by atoms with Gasteiger partial charge in [0.1, 0.15) is 5.82 Å². The number of aryl methyl sites for hydroxylation is 1. The monoisotopic (exact) mass is 361 g/mol. The summed E-state index contributed by atoms with van der Waals surface area (Å²) >= 11 is 0.